The number of nitroso groups, excluding NO2 is 1. The molecule has 8 heteroatoms. The fraction of sp³-hybridized carbons (Fsp3) is 0.0667. The Labute approximate surface area is 130 Å². The summed E-state index contributed by atoms with van der Waals surface area (Å²) in [5, 5.41) is 23.6. The molecule has 2 aromatic carbocycles. The number of phenolic OH excluding ortho intramolecular Hbond substituents is 1. The van der Waals surface area contributed by atoms with Crippen molar-refractivity contribution in [1.82, 2.24) is 0 Å². The van der Waals surface area contributed by atoms with E-state index in [-0.39, 0.29) is 34.0 Å². The summed E-state index contributed by atoms with van der Waals surface area (Å²) in [5.41, 5.74) is -0.202. The van der Waals surface area contributed by atoms with E-state index in [9.17, 15) is 19.6 Å². The van der Waals surface area contributed by atoms with Crippen LogP contribution in [0, 0.1) is 4.91 Å². The molecule has 0 fully saturated rings. The molecule has 0 bridgehead atoms. The molecule has 0 spiro atoms. The third-order valence-corrected chi connectivity index (χ3v) is 3.02. The number of ether oxygens (including phenoxy) is 1. The molecule has 0 saturated heterocycles. The minimum absolute atomic E-state index is 0.0109. The zero-order valence-corrected chi connectivity index (χ0v) is 11.9. The number of phenols is 1. The van der Waals surface area contributed by atoms with E-state index in [0.717, 1.165) is 6.07 Å². The Bertz CT molecular complexity index is 788. The zero-order valence-electron chi connectivity index (χ0n) is 11.9. The van der Waals surface area contributed by atoms with Crippen LogP contribution in [0.25, 0.3) is 0 Å². The lowest BCUT2D eigenvalue weighted by molar-refractivity contribution is 0.0697. The van der Waals surface area contributed by atoms with Crippen LogP contribution in [0.4, 0.5) is 11.4 Å². The Balaban J connectivity index is 2.33. The Kier molecular flexibility index (Phi) is 4.55. The number of aromatic carboxylic acids is 1. The number of benzene rings is 2. The lowest BCUT2D eigenvalue weighted by atomic mass is 10.1. The van der Waals surface area contributed by atoms with E-state index >= 15 is 0 Å². The van der Waals surface area contributed by atoms with Gasteiger partial charge >= 0.3 is 5.97 Å². The van der Waals surface area contributed by atoms with E-state index in [1.807, 2.05) is 0 Å². The van der Waals surface area contributed by atoms with Gasteiger partial charge < -0.3 is 20.3 Å². The van der Waals surface area contributed by atoms with Crippen LogP contribution in [0.1, 0.15) is 20.7 Å². The van der Waals surface area contributed by atoms with Gasteiger partial charge in [-0.3, -0.25) is 4.79 Å². The molecule has 8 nitrogen and oxygen atoms in total. The Morgan fingerprint density at radius 1 is 1.17 bits per heavy atom. The van der Waals surface area contributed by atoms with Crippen molar-refractivity contribution in [3.8, 4) is 11.5 Å². The lowest BCUT2D eigenvalue weighted by Gasteiger charge is -2.10. The normalized spacial score (nSPS) is 9.96. The minimum Gasteiger partial charge on any atom is -0.508 e. The number of aromatic hydroxyl groups is 1. The zero-order chi connectivity index (χ0) is 17.0. The molecule has 3 N–H and O–H groups in total. The number of methoxy groups -OCH3 is 1. The van der Waals surface area contributed by atoms with E-state index in [2.05, 4.69) is 10.5 Å². The smallest absolute Gasteiger partial charge is 0.337 e. The van der Waals surface area contributed by atoms with E-state index in [1.54, 1.807) is 0 Å². The molecule has 2 rings (SSSR count). The number of nitrogens with zero attached hydrogens (tertiary/aromatic N) is 1. The highest BCUT2D eigenvalue weighted by Crippen LogP contribution is 2.29. The van der Waals surface area contributed by atoms with Crippen LogP contribution >= 0.6 is 0 Å². The summed E-state index contributed by atoms with van der Waals surface area (Å²) in [5.74, 6) is -1.96. The lowest BCUT2D eigenvalue weighted by Crippen LogP contribution is -2.14. The van der Waals surface area contributed by atoms with Gasteiger partial charge in [0.15, 0.2) is 5.69 Å². The third-order valence-electron chi connectivity index (χ3n) is 3.02. The summed E-state index contributed by atoms with van der Waals surface area (Å²) < 4.78 is 4.92. The fourth-order valence-electron chi connectivity index (χ4n) is 1.92. The van der Waals surface area contributed by atoms with Crippen molar-refractivity contribution in [2.45, 2.75) is 0 Å². The molecular weight excluding hydrogens is 304 g/mol. The number of nitrogens with one attached hydrogen (secondary N) is 1. The molecule has 2 aromatic rings. The van der Waals surface area contributed by atoms with Gasteiger partial charge in [0.1, 0.15) is 11.5 Å². The molecule has 118 valence electrons. The maximum Gasteiger partial charge on any atom is 0.337 e. The van der Waals surface area contributed by atoms with Gasteiger partial charge in [-0.2, -0.15) is 0 Å². The molecular formula is C15H12N2O6. The molecule has 23 heavy (non-hydrogen) atoms. The summed E-state index contributed by atoms with van der Waals surface area (Å²) in [6, 6.07) is 7.56. The monoisotopic (exact) mass is 316 g/mol. The largest absolute Gasteiger partial charge is 0.508 e. The van der Waals surface area contributed by atoms with E-state index in [1.165, 1.54) is 37.4 Å². The second-order valence-electron chi connectivity index (χ2n) is 4.47. The number of carboxylic acid groups (broad SMARTS) is 1. The minimum atomic E-state index is -1.30. The second kappa shape index (κ2) is 6.56. The van der Waals surface area contributed by atoms with Crippen molar-refractivity contribution >= 4 is 23.3 Å². The molecule has 0 atom stereocenters. The van der Waals surface area contributed by atoms with Gasteiger partial charge in [-0.1, -0.05) is 0 Å². The summed E-state index contributed by atoms with van der Waals surface area (Å²) in [4.78, 5) is 34.1. The van der Waals surface area contributed by atoms with Crippen LogP contribution in [0.5, 0.6) is 11.5 Å². The van der Waals surface area contributed by atoms with Crippen molar-refractivity contribution in [1.29, 1.82) is 0 Å². The number of anilines is 1. The standard InChI is InChI=1S/C15H12N2O6/c1-23-13-5-2-8(6-12(13)17-22)14(19)16-11-4-3-9(18)7-10(11)15(20)21/h2-7,18H,1H3,(H,16,19)(H,20,21). The maximum atomic E-state index is 12.2. The van der Waals surface area contributed by atoms with Crippen LogP contribution < -0.4 is 10.1 Å². The number of carbonyl (C=O) groups is 2. The number of hydrogen-bond acceptors (Lipinski definition) is 6. The first-order valence-electron chi connectivity index (χ1n) is 6.35. The first-order chi connectivity index (χ1) is 11.0. The Morgan fingerprint density at radius 3 is 2.52 bits per heavy atom. The van der Waals surface area contributed by atoms with Gasteiger partial charge in [0, 0.05) is 5.56 Å². The number of carboxylic acids is 1. The topological polar surface area (TPSA) is 125 Å². The highest BCUT2D eigenvalue weighted by atomic mass is 16.5. The highest BCUT2D eigenvalue weighted by molar-refractivity contribution is 6.08. The second-order valence-corrected chi connectivity index (χ2v) is 4.47. The summed E-state index contributed by atoms with van der Waals surface area (Å²) in [6.45, 7) is 0. The predicted octanol–water partition coefficient (Wildman–Crippen LogP) is 2.75. The molecule has 0 unspecified atom stereocenters. The average molecular weight is 316 g/mol. The van der Waals surface area contributed by atoms with Crippen LogP contribution in [-0.4, -0.2) is 29.2 Å². The van der Waals surface area contributed by atoms with Crippen LogP contribution in [0.15, 0.2) is 41.6 Å². The van der Waals surface area contributed by atoms with Crippen LogP contribution in [0.2, 0.25) is 0 Å². The maximum absolute atomic E-state index is 12.2. The van der Waals surface area contributed by atoms with Gasteiger partial charge in [0.2, 0.25) is 0 Å². The molecule has 0 radical (unpaired) electrons. The van der Waals surface area contributed by atoms with Crippen molar-refractivity contribution in [3.05, 3.63) is 52.4 Å². The SMILES string of the molecule is COc1ccc(C(=O)Nc2ccc(O)cc2C(=O)O)cc1N=O. The van der Waals surface area contributed by atoms with Crippen LogP contribution in [0.3, 0.4) is 0 Å². The van der Waals surface area contributed by atoms with Gasteiger partial charge in [-0.15, -0.1) is 4.91 Å². The van der Waals surface area contributed by atoms with E-state index in [4.69, 9.17) is 9.84 Å². The molecule has 0 saturated carbocycles. The fourth-order valence-corrected chi connectivity index (χ4v) is 1.92. The molecule has 0 aliphatic carbocycles. The van der Waals surface area contributed by atoms with Crippen molar-refractivity contribution in [2.24, 2.45) is 5.18 Å². The average Bonchev–Trinajstić information content (AvgIpc) is 2.55. The van der Waals surface area contributed by atoms with E-state index in [0.29, 0.717) is 0 Å². The third kappa shape index (κ3) is 3.43. The van der Waals surface area contributed by atoms with Gasteiger partial charge in [-0.25, -0.2) is 4.79 Å². The first-order valence-corrected chi connectivity index (χ1v) is 6.35. The van der Waals surface area contributed by atoms with Gasteiger partial charge in [-0.05, 0) is 41.6 Å². The van der Waals surface area contributed by atoms with Gasteiger partial charge in [0.05, 0.1) is 18.4 Å². The summed E-state index contributed by atoms with van der Waals surface area (Å²) >= 11 is 0. The molecule has 0 aromatic heterocycles. The van der Waals surface area contributed by atoms with Gasteiger partial charge in [0.25, 0.3) is 5.91 Å². The number of rotatable bonds is 5. The van der Waals surface area contributed by atoms with Crippen molar-refractivity contribution < 1.29 is 24.5 Å². The van der Waals surface area contributed by atoms with Crippen LogP contribution in [-0.2, 0) is 0 Å². The predicted molar refractivity (Wildman–Crippen MR) is 81.5 cm³/mol. The number of carbonyl (C=O) groups excluding carboxylic acids is 1. The first kappa shape index (κ1) is 16.0. The Hall–Kier alpha value is -3.42. The molecule has 1 amide bonds. The molecule has 0 heterocycles. The summed E-state index contributed by atoms with van der Waals surface area (Å²) in [6.07, 6.45) is 0. The quantitative estimate of drug-likeness (QED) is 0.575. The van der Waals surface area contributed by atoms with Crippen molar-refractivity contribution in [3.63, 3.8) is 0 Å². The highest BCUT2D eigenvalue weighted by Gasteiger charge is 2.16. The van der Waals surface area contributed by atoms with E-state index < -0.39 is 11.9 Å². The Morgan fingerprint density at radius 2 is 1.91 bits per heavy atom. The summed E-state index contributed by atoms with van der Waals surface area (Å²) in [7, 11) is 1.36. The molecule has 0 aliphatic rings. The van der Waals surface area contributed by atoms with Crippen molar-refractivity contribution in [2.75, 3.05) is 12.4 Å². The number of hydrogen-bond donors (Lipinski definition) is 3. The number of amides is 1. The molecule has 0 aliphatic heterocycles.